The predicted octanol–water partition coefficient (Wildman–Crippen LogP) is 1.34. The van der Waals surface area contributed by atoms with Crippen LogP contribution in [0.4, 0.5) is 5.95 Å². The number of aromatic nitrogens is 5. The number of methoxy groups -OCH3 is 1. The molecule has 0 amide bonds. The minimum absolute atomic E-state index is 0.224. The van der Waals surface area contributed by atoms with Gasteiger partial charge in [-0.05, 0) is 18.6 Å². The zero-order valence-electron chi connectivity index (χ0n) is 13.6. The molecular formula is C15H17ClN6O2. The Morgan fingerprint density at radius 2 is 2.17 bits per heavy atom. The van der Waals surface area contributed by atoms with Crippen LogP contribution in [0.5, 0.6) is 0 Å². The zero-order chi connectivity index (χ0) is 17.3. The molecule has 0 spiro atoms. The lowest BCUT2D eigenvalue weighted by Gasteiger charge is -2.12. The van der Waals surface area contributed by atoms with Crippen molar-refractivity contribution >= 4 is 23.3 Å². The van der Waals surface area contributed by atoms with E-state index in [4.69, 9.17) is 16.3 Å². The maximum Gasteiger partial charge on any atom is 0.275 e. The van der Waals surface area contributed by atoms with Crippen LogP contribution in [0.25, 0.3) is 5.78 Å². The van der Waals surface area contributed by atoms with Gasteiger partial charge < -0.3 is 14.2 Å². The molecule has 3 rings (SSSR count). The van der Waals surface area contributed by atoms with Crippen molar-refractivity contribution in [3.8, 4) is 0 Å². The van der Waals surface area contributed by atoms with Crippen LogP contribution in [0.2, 0.25) is 5.15 Å². The fourth-order valence-electron chi connectivity index (χ4n) is 2.38. The number of hydrogen-bond acceptors (Lipinski definition) is 6. The number of pyridine rings is 1. The minimum Gasteiger partial charge on any atom is -0.364 e. The van der Waals surface area contributed by atoms with E-state index in [0.717, 1.165) is 11.3 Å². The third-order valence-corrected chi connectivity index (χ3v) is 3.80. The fraction of sp³-hybridized carbons (Fsp3) is 0.333. The summed E-state index contributed by atoms with van der Waals surface area (Å²) >= 11 is 5.83. The molecule has 3 heterocycles. The summed E-state index contributed by atoms with van der Waals surface area (Å²) in [4.78, 5) is 22.5. The maximum absolute atomic E-state index is 12.2. The highest BCUT2D eigenvalue weighted by molar-refractivity contribution is 6.29. The van der Waals surface area contributed by atoms with Gasteiger partial charge in [0.1, 0.15) is 11.9 Å². The topological polar surface area (TPSA) is 77.5 Å². The van der Waals surface area contributed by atoms with Crippen LogP contribution >= 0.6 is 11.6 Å². The predicted molar refractivity (Wildman–Crippen MR) is 90.6 cm³/mol. The van der Waals surface area contributed by atoms with E-state index in [1.165, 1.54) is 10.6 Å². The molecule has 0 aliphatic heterocycles. The number of hydrogen-bond donors (Lipinski definition) is 0. The number of ether oxygens (including phenoxy) is 1. The van der Waals surface area contributed by atoms with Crippen molar-refractivity contribution in [1.82, 2.24) is 24.1 Å². The van der Waals surface area contributed by atoms with Crippen molar-refractivity contribution in [2.24, 2.45) is 0 Å². The second-order valence-electron chi connectivity index (χ2n) is 5.44. The third-order valence-electron chi connectivity index (χ3n) is 3.58. The van der Waals surface area contributed by atoms with Gasteiger partial charge in [0, 0.05) is 32.1 Å². The van der Waals surface area contributed by atoms with E-state index in [-0.39, 0.29) is 5.56 Å². The summed E-state index contributed by atoms with van der Waals surface area (Å²) in [5.41, 5.74) is 1.51. The molecule has 24 heavy (non-hydrogen) atoms. The number of halogens is 1. The van der Waals surface area contributed by atoms with Gasteiger partial charge in [0.25, 0.3) is 5.56 Å². The largest absolute Gasteiger partial charge is 0.364 e. The van der Waals surface area contributed by atoms with Gasteiger partial charge in [-0.1, -0.05) is 17.7 Å². The van der Waals surface area contributed by atoms with Crippen LogP contribution in [-0.4, -0.2) is 45.0 Å². The number of fused-ring (bicyclic) bond motifs is 1. The highest BCUT2D eigenvalue weighted by Crippen LogP contribution is 2.13. The maximum atomic E-state index is 12.2. The summed E-state index contributed by atoms with van der Waals surface area (Å²) in [5, 5.41) is 4.71. The standard InChI is InChI=1S/C15H17ClN6O2/c1-10-6-13(23)22-15(18-14(19-22)20(2)9-24-3)21(10)8-11-4-5-12(16)17-7-11/h4-7H,8-9H2,1-3H3. The average Bonchev–Trinajstić information content (AvgIpc) is 2.99. The molecule has 3 aromatic heterocycles. The summed E-state index contributed by atoms with van der Waals surface area (Å²) in [6, 6.07) is 5.15. The van der Waals surface area contributed by atoms with Gasteiger partial charge in [0.05, 0.1) is 6.54 Å². The Labute approximate surface area is 143 Å². The Bertz CT molecular complexity index is 918. The van der Waals surface area contributed by atoms with Gasteiger partial charge in [0.2, 0.25) is 11.7 Å². The van der Waals surface area contributed by atoms with Gasteiger partial charge in [-0.2, -0.15) is 9.50 Å². The summed E-state index contributed by atoms with van der Waals surface area (Å²) in [6.45, 7) is 2.69. The van der Waals surface area contributed by atoms with Crippen molar-refractivity contribution < 1.29 is 4.74 Å². The Hall–Kier alpha value is -2.45. The van der Waals surface area contributed by atoms with Crippen LogP contribution in [-0.2, 0) is 11.3 Å². The molecule has 0 saturated heterocycles. The first-order chi connectivity index (χ1) is 11.5. The van der Waals surface area contributed by atoms with Crippen LogP contribution in [0.15, 0.2) is 29.2 Å². The zero-order valence-corrected chi connectivity index (χ0v) is 14.4. The van der Waals surface area contributed by atoms with E-state index in [9.17, 15) is 4.79 Å². The Morgan fingerprint density at radius 3 is 2.83 bits per heavy atom. The molecule has 0 bridgehead atoms. The van der Waals surface area contributed by atoms with Crippen molar-refractivity contribution in [3.63, 3.8) is 0 Å². The Kier molecular flexibility index (Phi) is 4.50. The van der Waals surface area contributed by atoms with E-state index in [0.29, 0.717) is 30.2 Å². The number of anilines is 1. The van der Waals surface area contributed by atoms with Crippen LogP contribution < -0.4 is 10.5 Å². The van der Waals surface area contributed by atoms with Crippen molar-refractivity contribution in [2.75, 3.05) is 25.8 Å². The summed E-state index contributed by atoms with van der Waals surface area (Å²) in [6.07, 6.45) is 1.70. The van der Waals surface area contributed by atoms with Gasteiger partial charge in [-0.25, -0.2) is 4.98 Å². The van der Waals surface area contributed by atoms with Gasteiger partial charge in [-0.15, -0.1) is 5.10 Å². The molecule has 9 heteroatoms. The van der Waals surface area contributed by atoms with Crippen molar-refractivity contribution in [2.45, 2.75) is 13.5 Å². The van der Waals surface area contributed by atoms with Gasteiger partial charge in [0.15, 0.2) is 0 Å². The van der Waals surface area contributed by atoms with E-state index < -0.39 is 0 Å². The van der Waals surface area contributed by atoms with Crippen molar-refractivity contribution in [3.05, 3.63) is 51.2 Å². The molecular weight excluding hydrogens is 332 g/mol. The molecule has 3 aromatic rings. The Balaban J connectivity index is 2.09. The molecule has 0 aliphatic rings. The first kappa shape index (κ1) is 16.4. The second kappa shape index (κ2) is 6.58. The molecule has 0 N–H and O–H groups in total. The molecule has 126 valence electrons. The SMILES string of the molecule is COCN(C)c1nc2n(Cc3ccc(Cl)nc3)c(C)cc(=O)n2n1. The molecule has 0 saturated carbocycles. The van der Waals surface area contributed by atoms with Crippen molar-refractivity contribution in [1.29, 1.82) is 0 Å². The second-order valence-corrected chi connectivity index (χ2v) is 5.83. The van der Waals surface area contributed by atoms with Gasteiger partial charge in [-0.3, -0.25) is 4.79 Å². The number of nitrogens with zero attached hydrogens (tertiary/aromatic N) is 6. The molecule has 0 atom stereocenters. The monoisotopic (exact) mass is 348 g/mol. The normalized spacial score (nSPS) is 11.2. The summed E-state index contributed by atoms with van der Waals surface area (Å²) < 4.78 is 8.27. The third kappa shape index (κ3) is 3.10. The quantitative estimate of drug-likeness (QED) is 0.511. The Morgan fingerprint density at radius 1 is 1.38 bits per heavy atom. The lowest BCUT2D eigenvalue weighted by atomic mass is 10.3. The fourth-order valence-corrected chi connectivity index (χ4v) is 2.49. The lowest BCUT2D eigenvalue weighted by molar-refractivity contribution is 0.201. The highest BCUT2D eigenvalue weighted by atomic mass is 35.5. The molecule has 8 nitrogen and oxygen atoms in total. The van der Waals surface area contributed by atoms with Gasteiger partial charge >= 0.3 is 0 Å². The molecule has 0 fully saturated rings. The smallest absolute Gasteiger partial charge is 0.275 e. The molecule has 0 radical (unpaired) electrons. The average molecular weight is 349 g/mol. The molecule has 0 unspecified atom stereocenters. The first-order valence-electron chi connectivity index (χ1n) is 7.27. The lowest BCUT2D eigenvalue weighted by Crippen LogP contribution is -2.22. The first-order valence-corrected chi connectivity index (χ1v) is 7.65. The minimum atomic E-state index is -0.224. The van der Waals surface area contributed by atoms with Crippen LogP contribution in [0.3, 0.4) is 0 Å². The molecule has 0 aliphatic carbocycles. The number of aryl methyl sites for hydroxylation is 1. The van der Waals surface area contributed by atoms with Crippen LogP contribution in [0.1, 0.15) is 11.3 Å². The summed E-state index contributed by atoms with van der Waals surface area (Å²) in [5.74, 6) is 0.885. The van der Waals surface area contributed by atoms with E-state index >= 15 is 0 Å². The molecule has 0 aromatic carbocycles. The van der Waals surface area contributed by atoms with E-state index in [2.05, 4.69) is 15.1 Å². The van der Waals surface area contributed by atoms with E-state index in [1.54, 1.807) is 31.3 Å². The summed E-state index contributed by atoms with van der Waals surface area (Å²) in [7, 11) is 3.38. The van der Waals surface area contributed by atoms with E-state index in [1.807, 2.05) is 17.6 Å². The highest BCUT2D eigenvalue weighted by Gasteiger charge is 2.15. The number of rotatable bonds is 5. The van der Waals surface area contributed by atoms with Crippen LogP contribution in [0, 0.1) is 6.92 Å².